The van der Waals surface area contributed by atoms with Gasteiger partial charge in [0.25, 0.3) is 0 Å². The van der Waals surface area contributed by atoms with Gasteiger partial charge in [0.1, 0.15) is 19.0 Å². The van der Waals surface area contributed by atoms with Crippen LogP contribution in [0.15, 0.2) is 21.2 Å². The molecule has 0 aliphatic heterocycles. The van der Waals surface area contributed by atoms with E-state index in [1.54, 1.807) is 32.9 Å². The molecule has 0 N–H and O–H groups in total. The third kappa shape index (κ3) is 4.36. The smallest absolute Gasteiger partial charge is 0.471 e. The Morgan fingerprint density at radius 1 is 0.926 bits per heavy atom. The molecule has 0 aliphatic carbocycles. The average molecular weight is 384 g/mol. The van der Waals surface area contributed by atoms with Crippen molar-refractivity contribution in [2.75, 3.05) is 13.2 Å². The van der Waals surface area contributed by atoms with Gasteiger partial charge in [-0.2, -0.15) is 23.1 Å². The molecule has 2 aromatic heterocycles. The maximum absolute atomic E-state index is 12.6. The molecule has 0 spiro atoms. The van der Waals surface area contributed by atoms with Gasteiger partial charge >= 0.3 is 18.1 Å². The summed E-state index contributed by atoms with van der Waals surface area (Å²) in [7, 11) is 0. The number of halogens is 3. The molecule has 0 radical (unpaired) electrons. The van der Waals surface area contributed by atoms with Crippen LogP contribution in [-0.4, -0.2) is 33.5 Å². The molecule has 0 saturated carbocycles. The number of alkyl halides is 3. The molecule has 0 bridgehead atoms. The minimum atomic E-state index is -4.68. The monoisotopic (exact) mass is 384 g/mol. The Hall–Kier alpha value is -3.11. The molecule has 144 valence electrons. The minimum absolute atomic E-state index is 0.123. The summed E-state index contributed by atoms with van der Waals surface area (Å²) in [4.78, 5) is 7.28. The van der Waals surface area contributed by atoms with Crippen LogP contribution in [0.4, 0.5) is 13.2 Å². The number of aromatic nitrogens is 4. The summed E-state index contributed by atoms with van der Waals surface area (Å²) in [5, 5.41) is 6.98. The van der Waals surface area contributed by atoms with Gasteiger partial charge in [0.05, 0.1) is 0 Å². The van der Waals surface area contributed by atoms with E-state index in [9.17, 15) is 13.2 Å². The van der Waals surface area contributed by atoms with Crippen LogP contribution in [0, 0.1) is 20.8 Å². The predicted octanol–water partition coefficient (Wildman–Crippen LogP) is 3.52. The van der Waals surface area contributed by atoms with Crippen molar-refractivity contribution in [3.8, 4) is 23.1 Å². The number of aryl methyl sites for hydroxylation is 3. The van der Waals surface area contributed by atoms with Crippen LogP contribution in [0.3, 0.4) is 0 Å². The van der Waals surface area contributed by atoms with E-state index in [2.05, 4.69) is 24.8 Å². The van der Waals surface area contributed by atoms with Crippen LogP contribution in [0.1, 0.15) is 22.9 Å². The molecule has 0 unspecified atom stereocenters. The number of ether oxygens (including phenoxy) is 2. The third-order valence-electron chi connectivity index (χ3n) is 3.46. The van der Waals surface area contributed by atoms with E-state index in [0.29, 0.717) is 28.3 Å². The van der Waals surface area contributed by atoms with Crippen molar-refractivity contribution in [1.29, 1.82) is 0 Å². The number of hydrogen-bond donors (Lipinski definition) is 0. The summed E-state index contributed by atoms with van der Waals surface area (Å²) in [6, 6.07) is 3.37. The van der Waals surface area contributed by atoms with E-state index in [0.717, 1.165) is 0 Å². The van der Waals surface area contributed by atoms with Gasteiger partial charge in [0.2, 0.25) is 11.7 Å². The standard InChI is InChI=1S/C16H15F3N4O4/c1-8-6-11(13-21-14(27-22-13)16(17,18)19)7-9(2)12(8)24-4-5-25-15-20-10(3)26-23-15/h6-7H,4-5H2,1-3H3. The molecule has 0 fully saturated rings. The highest BCUT2D eigenvalue weighted by Crippen LogP contribution is 2.32. The van der Waals surface area contributed by atoms with E-state index < -0.39 is 12.1 Å². The van der Waals surface area contributed by atoms with Crippen molar-refractivity contribution < 1.29 is 31.7 Å². The molecule has 0 amide bonds. The molecular weight excluding hydrogens is 369 g/mol. The van der Waals surface area contributed by atoms with Crippen LogP contribution in [-0.2, 0) is 6.18 Å². The molecule has 27 heavy (non-hydrogen) atoms. The van der Waals surface area contributed by atoms with Crippen LogP contribution >= 0.6 is 0 Å². The van der Waals surface area contributed by atoms with Crippen molar-refractivity contribution in [1.82, 2.24) is 20.3 Å². The summed E-state index contributed by atoms with van der Waals surface area (Å²) in [5.41, 5.74) is 1.81. The Balaban J connectivity index is 1.66. The van der Waals surface area contributed by atoms with E-state index >= 15 is 0 Å². The number of nitrogens with zero attached hydrogens (tertiary/aromatic N) is 4. The lowest BCUT2D eigenvalue weighted by atomic mass is 10.1. The van der Waals surface area contributed by atoms with Crippen molar-refractivity contribution in [2.24, 2.45) is 0 Å². The predicted molar refractivity (Wildman–Crippen MR) is 84.2 cm³/mol. The van der Waals surface area contributed by atoms with Gasteiger partial charge in [-0.05, 0) is 42.3 Å². The molecule has 0 saturated heterocycles. The molecule has 0 aliphatic rings. The Morgan fingerprint density at radius 2 is 1.59 bits per heavy atom. The molecule has 1 aromatic carbocycles. The zero-order valence-electron chi connectivity index (χ0n) is 14.6. The Kier molecular flexibility index (Phi) is 5.02. The van der Waals surface area contributed by atoms with E-state index in [1.807, 2.05) is 0 Å². The summed E-state index contributed by atoms with van der Waals surface area (Å²) >= 11 is 0. The average Bonchev–Trinajstić information content (AvgIpc) is 3.22. The fourth-order valence-electron chi connectivity index (χ4n) is 2.38. The Labute approximate surface area is 151 Å². The number of benzene rings is 1. The number of hydrogen-bond acceptors (Lipinski definition) is 8. The first-order chi connectivity index (χ1) is 12.7. The highest BCUT2D eigenvalue weighted by Gasteiger charge is 2.38. The first kappa shape index (κ1) is 18.7. The first-order valence-electron chi connectivity index (χ1n) is 7.82. The van der Waals surface area contributed by atoms with E-state index in [1.165, 1.54) is 0 Å². The zero-order chi connectivity index (χ0) is 19.6. The summed E-state index contributed by atoms with van der Waals surface area (Å²) < 4.78 is 57.8. The van der Waals surface area contributed by atoms with Crippen LogP contribution < -0.4 is 9.47 Å². The highest BCUT2D eigenvalue weighted by atomic mass is 19.4. The maximum Gasteiger partial charge on any atom is 0.471 e. The molecule has 8 nitrogen and oxygen atoms in total. The lowest BCUT2D eigenvalue weighted by molar-refractivity contribution is -0.159. The fraction of sp³-hybridized carbons (Fsp3) is 0.375. The third-order valence-corrected chi connectivity index (χ3v) is 3.46. The fourth-order valence-corrected chi connectivity index (χ4v) is 2.38. The molecule has 2 heterocycles. The second-order valence-electron chi connectivity index (χ2n) is 5.65. The van der Waals surface area contributed by atoms with Gasteiger partial charge in [-0.15, -0.1) is 0 Å². The molecule has 11 heteroatoms. The van der Waals surface area contributed by atoms with Crippen LogP contribution in [0.5, 0.6) is 11.8 Å². The van der Waals surface area contributed by atoms with Crippen molar-refractivity contribution in [3.63, 3.8) is 0 Å². The summed E-state index contributed by atoms with van der Waals surface area (Å²) in [6.45, 7) is 5.58. The second kappa shape index (κ2) is 7.25. The molecular formula is C16H15F3N4O4. The van der Waals surface area contributed by atoms with Crippen LogP contribution in [0.2, 0.25) is 0 Å². The van der Waals surface area contributed by atoms with Crippen LogP contribution in [0.25, 0.3) is 11.4 Å². The summed E-state index contributed by atoms with van der Waals surface area (Å²) in [6.07, 6.45) is -4.68. The van der Waals surface area contributed by atoms with Crippen molar-refractivity contribution in [2.45, 2.75) is 26.9 Å². The Morgan fingerprint density at radius 3 is 2.15 bits per heavy atom. The first-order valence-corrected chi connectivity index (χ1v) is 7.82. The van der Waals surface area contributed by atoms with Gasteiger partial charge in [0.15, 0.2) is 0 Å². The van der Waals surface area contributed by atoms with Gasteiger partial charge in [-0.1, -0.05) is 5.16 Å². The maximum atomic E-state index is 12.6. The molecule has 3 rings (SSSR count). The summed E-state index contributed by atoms with van der Waals surface area (Å²) in [5.74, 6) is -0.549. The second-order valence-corrected chi connectivity index (χ2v) is 5.65. The van der Waals surface area contributed by atoms with E-state index in [-0.39, 0.29) is 25.0 Å². The zero-order valence-corrected chi connectivity index (χ0v) is 14.6. The molecule has 0 atom stereocenters. The lowest BCUT2D eigenvalue weighted by Gasteiger charge is -2.13. The molecule has 3 aromatic rings. The van der Waals surface area contributed by atoms with Gasteiger partial charge in [0, 0.05) is 12.5 Å². The van der Waals surface area contributed by atoms with Gasteiger partial charge < -0.3 is 18.5 Å². The Bertz CT molecular complexity index is 913. The number of rotatable bonds is 6. The van der Waals surface area contributed by atoms with E-state index in [4.69, 9.17) is 14.0 Å². The lowest BCUT2D eigenvalue weighted by Crippen LogP contribution is -2.11. The normalized spacial score (nSPS) is 11.6. The quantitative estimate of drug-likeness (QED) is 0.596. The minimum Gasteiger partial charge on any atom is -0.489 e. The largest absolute Gasteiger partial charge is 0.489 e. The van der Waals surface area contributed by atoms with Crippen molar-refractivity contribution in [3.05, 3.63) is 35.0 Å². The van der Waals surface area contributed by atoms with Crippen molar-refractivity contribution >= 4 is 0 Å². The van der Waals surface area contributed by atoms with Gasteiger partial charge in [-0.25, -0.2) is 0 Å². The highest BCUT2D eigenvalue weighted by molar-refractivity contribution is 5.61. The van der Waals surface area contributed by atoms with Gasteiger partial charge in [-0.3, -0.25) is 0 Å². The SMILES string of the molecule is Cc1nc(OCCOc2c(C)cc(-c3noc(C(F)(F)F)n3)cc2C)no1. The topological polar surface area (TPSA) is 96.3 Å².